The molecule has 3 fully saturated rings. The largest absolute Gasteiger partial charge is 0.341 e. The molecule has 4 atom stereocenters. The molecule has 0 N–H and O–H groups in total. The molecule has 1 amide bonds. The summed E-state index contributed by atoms with van der Waals surface area (Å²) in [7, 11) is 1.96. The Morgan fingerprint density at radius 3 is 2.68 bits per heavy atom. The van der Waals surface area contributed by atoms with Gasteiger partial charge in [0.2, 0.25) is 5.91 Å². The van der Waals surface area contributed by atoms with Gasteiger partial charge >= 0.3 is 0 Å². The van der Waals surface area contributed by atoms with Gasteiger partial charge in [0.15, 0.2) is 0 Å². The molecule has 0 saturated heterocycles. The topological polar surface area (TPSA) is 20.3 Å². The second-order valence-corrected chi connectivity index (χ2v) is 8.76. The maximum absolute atomic E-state index is 12.6. The van der Waals surface area contributed by atoms with Crippen LogP contribution in [0.2, 0.25) is 0 Å². The Morgan fingerprint density at radius 1 is 1.42 bits per heavy atom. The number of rotatable bonds is 3. The smallest absolute Gasteiger partial charge is 0.226 e. The van der Waals surface area contributed by atoms with E-state index in [0.717, 1.165) is 34.0 Å². The number of thiophene rings is 1. The molecule has 4 unspecified atom stereocenters. The Balaban J connectivity index is 1.42. The third-order valence-electron chi connectivity index (χ3n) is 5.44. The van der Waals surface area contributed by atoms with Gasteiger partial charge in [-0.05, 0) is 75.9 Å². The van der Waals surface area contributed by atoms with E-state index >= 15 is 0 Å². The van der Waals surface area contributed by atoms with Gasteiger partial charge in [0.25, 0.3) is 0 Å². The van der Waals surface area contributed by atoms with Crippen molar-refractivity contribution in [3.8, 4) is 0 Å². The minimum Gasteiger partial charge on any atom is -0.341 e. The second-order valence-electron chi connectivity index (χ2n) is 6.47. The standard InChI is InChI=1S/C15H18BrNOS/c1-17(6-8-4-11(16)19-7-8)15(18)14-12-9-2-3-10(5-9)13(12)14/h4,7,9-10,12-14H,2-3,5-6H2,1H3. The van der Waals surface area contributed by atoms with Gasteiger partial charge in [0.05, 0.1) is 3.79 Å². The predicted octanol–water partition coefficient (Wildman–Crippen LogP) is 3.76. The summed E-state index contributed by atoms with van der Waals surface area (Å²) < 4.78 is 1.14. The molecule has 0 spiro atoms. The average Bonchev–Trinajstić information content (AvgIpc) is 2.73. The van der Waals surface area contributed by atoms with Crippen LogP contribution in [-0.2, 0) is 11.3 Å². The fourth-order valence-electron chi connectivity index (χ4n) is 4.69. The maximum Gasteiger partial charge on any atom is 0.226 e. The molecule has 1 aromatic rings. The highest BCUT2D eigenvalue weighted by atomic mass is 79.9. The Labute approximate surface area is 126 Å². The van der Waals surface area contributed by atoms with Crippen LogP contribution in [0.4, 0.5) is 0 Å². The quantitative estimate of drug-likeness (QED) is 0.820. The molecule has 2 nitrogen and oxygen atoms in total. The van der Waals surface area contributed by atoms with Crippen molar-refractivity contribution in [2.45, 2.75) is 25.8 Å². The van der Waals surface area contributed by atoms with Gasteiger partial charge in [0.1, 0.15) is 0 Å². The number of nitrogens with zero attached hydrogens (tertiary/aromatic N) is 1. The monoisotopic (exact) mass is 339 g/mol. The molecule has 3 aliphatic carbocycles. The summed E-state index contributed by atoms with van der Waals surface area (Å²) in [4.78, 5) is 14.5. The molecule has 102 valence electrons. The van der Waals surface area contributed by atoms with Gasteiger partial charge in [-0.15, -0.1) is 11.3 Å². The van der Waals surface area contributed by atoms with E-state index in [0.29, 0.717) is 11.8 Å². The van der Waals surface area contributed by atoms with Crippen molar-refractivity contribution in [1.82, 2.24) is 4.90 Å². The van der Waals surface area contributed by atoms with Crippen molar-refractivity contribution in [3.05, 3.63) is 20.8 Å². The molecule has 19 heavy (non-hydrogen) atoms. The van der Waals surface area contributed by atoms with Crippen LogP contribution < -0.4 is 0 Å². The highest BCUT2D eigenvalue weighted by Crippen LogP contribution is 2.69. The number of fused-ring (bicyclic) bond motifs is 5. The summed E-state index contributed by atoms with van der Waals surface area (Å²) in [5.41, 5.74) is 1.24. The number of carbonyl (C=O) groups is 1. The highest BCUT2D eigenvalue weighted by molar-refractivity contribution is 9.11. The molecular weight excluding hydrogens is 322 g/mol. The van der Waals surface area contributed by atoms with Crippen LogP contribution in [0.1, 0.15) is 24.8 Å². The molecule has 4 heteroatoms. The fraction of sp³-hybridized carbons (Fsp3) is 0.667. The minimum absolute atomic E-state index is 0.373. The Hall–Kier alpha value is -0.350. The van der Waals surface area contributed by atoms with E-state index in [1.165, 1.54) is 24.8 Å². The van der Waals surface area contributed by atoms with Gasteiger partial charge in [-0.3, -0.25) is 4.79 Å². The van der Waals surface area contributed by atoms with Crippen molar-refractivity contribution in [2.24, 2.45) is 29.6 Å². The van der Waals surface area contributed by atoms with Gasteiger partial charge in [-0.25, -0.2) is 0 Å². The van der Waals surface area contributed by atoms with E-state index in [-0.39, 0.29) is 0 Å². The van der Waals surface area contributed by atoms with E-state index in [9.17, 15) is 4.79 Å². The second kappa shape index (κ2) is 4.32. The van der Waals surface area contributed by atoms with Crippen LogP contribution in [0.15, 0.2) is 15.2 Å². The predicted molar refractivity (Wildman–Crippen MR) is 79.8 cm³/mol. The SMILES string of the molecule is CN(Cc1csc(Br)c1)C(=O)C1C2C3CCC(C3)C12. The normalized spacial score (nSPS) is 38.3. The first-order chi connectivity index (χ1) is 9.15. The first-order valence-electron chi connectivity index (χ1n) is 7.13. The van der Waals surface area contributed by atoms with Crippen LogP contribution in [0.3, 0.4) is 0 Å². The van der Waals surface area contributed by atoms with Gasteiger partial charge in [0, 0.05) is 19.5 Å². The van der Waals surface area contributed by atoms with Crippen LogP contribution in [0, 0.1) is 29.6 Å². The molecule has 3 saturated carbocycles. The zero-order valence-electron chi connectivity index (χ0n) is 11.0. The van der Waals surface area contributed by atoms with Gasteiger partial charge in [-0.1, -0.05) is 0 Å². The highest BCUT2D eigenvalue weighted by Gasteiger charge is 2.67. The molecule has 3 aliphatic rings. The lowest BCUT2D eigenvalue weighted by Gasteiger charge is -2.18. The molecule has 0 radical (unpaired) electrons. The maximum atomic E-state index is 12.6. The van der Waals surface area contributed by atoms with Crippen LogP contribution >= 0.6 is 27.3 Å². The molecular formula is C15H18BrNOS. The van der Waals surface area contributed by atoms with Crippen LogP contribution in [0.5, 0.6) is 0 Å². The molecule has 4 rings (SSSR count). The summed E-state index contributed by atoms with van der Waals surface area (Å²) >= 11 is 5.17. The molecule has 1 heterocycles. The fourth-order valence-corrected chi connectivity index (χ4v) is 5.89. The number of hydrogen-bond acceptors (Lipinski definition) is 2. The van der Waals surface area contributed by atoms with E-state index in [4.69, 9.17) is 0 Å². The average molecular weight is 340 g/mol. The third kappa shape index (κ3) is 1.90. The summed E-state index contributed by atoms with van der Waals surface area (Å²) in [6, 6.07) is 2.12. The van der Waals surface area contributed by atoms with Crippen molar-refractivity contribution in [3.63, 3.8) is 0 Å². The number of halogens is 1. The molecule has 0 aliphatic heterocycles. The van der Waals surface area contributed by atoms with E-state index in [1.807, 2.05) is 11.9 Å². The zero-order chi connectivity index (χ0) is 13.1. The van der Waals surface area contributed by atoms with E-state index < -0.39 is 0 Å². The van der Waals surface area contributed by atoms with Crippen molar-refractivity contribution >= 4 is 33.2 Å². The summed E-state index contributed by atoms with van der Waals surface area (Å²) in [5, 5.41) is 2.13. The summed E-state index contributed by atoms with van der Waals surface area (Å²) in [6.07, 6.45) is 4.19. The summed E-state index contributed by atoms with van der Waals surface area (Å²) in [6.45, 7) is 0.756. The Kier molecular flexibility index (Phi) is 2.82. The van der Waals surface area contributed by atoms with Crippen molar-refractivity contribution in [1.29, 1.82) is 0 Å². The number of amides is 1. The van der Waals surface area contributed by atoms with Crippen LogP contribution in [-0.4, -0.2) is 17.9 Å². The van der Waals surface area contributed by atoms with Gasteiger partial charge in [-0.2, -0.15) is 0 Å². The molecule has 2 bridgehead atoms. The minimum atomic E-state index is 0.373. The number of hydrogen-bond donors (Lipinski definition) is 0. The lowest BCUT2D eigenvalue weighted by molar-refractivity contribution is -0.132. The first-order valence-corrected chi connectivity index (χ1v) is 8.80. The van der Waals surface area contributed by atoms with Gasteiger partial charge < -0.3 is 4.90 Å². The third-order valence-corrected chi connectivity index (χ3v) is 6.99. The van der Waals surface area contributed by atoms with Crippen LogP contribution in [0.25, 0.3) is 0 Å². The molecule has 0 aromatic carbocycles. The summed E-state index contributed by atoms with van der Waals surface area (Å²) in [5.74, 6) is 4.04. The Bertz CT molecular complexity index is 512. The van der Waals surface area contributed by atoms with Crippen molar-refractivity contribution in [2.75, 3.05) is 7.05 Å². The van der Waals surface area contributed by atoms with E-state index in [2.05, 4.69) is 27.4 Å². The molecule has 1 aromatic heterocycles. The van der Waals surface area contributed by atoms with Crippen molar-refractivity contribution < 1.29 is 4.79 Å². The van der Waals surface area contributed by atoms with E-state index in [1.54, 1.807) is 11.3 Å². The zero-order valence-corrected chi connectivity index (χ0v) is 13.4. The Morgan fingerprint density at radius 2 is 2.11 bits per heavy atom. The first kappa shape index (κ1) is 12.4. The lowest BCUT2D eigenvalue weighted by Crippen LogP contribution is -2.29. The number of carbonyl (C=O) groups excluding carboxylic acids is 1. The lowest BCUT2D eigenvalue weighted by atomic mass is 10.0.